The first kappa shape index (κ1) is 22.3. The molecule has 2 aromatic heterocycles. The summed E-state index contributed by atoms with van der Waals surface area (Å²) in [5, 5.41) is 8.51. The van der Waals surface area contributed by atoms with Gasteiger partial charge in [0.05, 0.1) is 6.54 Å². The van der Waals surface area contributed by atoms with Crippen molar-refractivity contribution < 1.29 is 4.79 Å². The molecule has 0 unspecified atom stereocenters. The molecule has 2 N–H and O–H groups in total. The number of hydrogen-bond acceptors (Lipinski definition) is 6. The fourth-order valence-corrected chi connectivity index (χ4v) is 3.51. The monoisotopic (exact) mass is 515 g/mol. The average Bonchev–Trinajstić information content (AvgIpc) is 3.25. The Morgan fingerprint density at radius 3 is 2.57 bits per heavy atom. The number of amides is 1. The van der Waals surface area contributed by atoms with Crippen LogP contribution in [0.3, 0.4) is 0 Å². The van der Waals surface area contributed by atoms with Crippen LogP contribution in [0, 0.1) is 0 Å². The highest BCUT2D eigenvalue weighted by Gasteiger charge is 2.22. The fraction of sp³-hybridized carbons (Fsp3) is 0.444. The van der Waals surface area contributed by atoms with Crippen LogP contribution >= 0.6 is 35.3 Å². The maximum Gasteiger partial charge on any atom is 0.225 e. The number of thiophene rings is 1. The van der Waals surface area contributed by atoms with Gasteiger partial charge in [-0.3, -0.25) is 9.79 Å². The number of rotatable bonds is 6. The molecule has 0 radical (unpaired) electrons. The van der Waals surface area contributed by atoms with Crippen molar-refractivity contribution >= 4 is 53.1 Å². The Morgan fingerprint density at radius 2 is 1.93 bits per heavy atom. The topological polar surface area (TPSA) is 85.8 Å². The molecule has 0 spiro atoms. The third-order valence-electron chi connectivity index (χ3n) is 4.33. The summed E-state index contributed by atoms with van der Waals surface area (Å²) in [6.07, 6.45) is 3.93. The minimum atomic E-state index is 0. The third kappa shape index (κ3) is 6.59. The number of carbonyl (C=O) groups excluding carboxylic acids is 1. The SMILES string of the molecule is CN=C(NCCC(=O)N1CCN(c2ncccn2)CC1)NCc1cccs1.I. The van der Waals surface area contributed by atoms with Gasteiger partial charge < -0.3 is 20.4 Å². The molecule has 1 aliphatic rings. The molecule has 1 fully saturated rings. The van der Waals surface area contributed by atoms with Crippen molar-refractivity contribution in [1.29, 1.82) is 0 Å². The van der Waals surface area contributed by atoms with Crippen molar-refractivity contribution in [2.24, 2.45) is 4.99 Å². The Hall–Kier alpha value is -1.95. The number of hydrogen-bond donors (Lipinski definition) is 2. The van der Waals surface area contributed by atoms with E-state index in [9.17, 15) is 4.79 Å². The number of aromatic nitrogens is 2. The third-order valence-corrected chi connectivity index (χ3v) is 5.21. The Morgan fingerprint density at radius 1 is 1.18 bits per heavy atom. The lowest BCUT2D eigenvalue weighted by molar-refractivity contribution is -0.131. The molecular formula is C18H26IN7OS. The number of carbonyl (C=O) groups is 1. The zero-order chi connectivity index (χ0) is 18.9. The van der Waals surface area contributed by atoms with Gasteiger partial charge >= 0.3 is 0 Å². The number of nitrogens with one attached hydrogen (secondary N) is 2. The van der Waals surface area contributed by atoms with Crippen LogP contribution < -0.4 is 15.5 Å². The van der Waals surface area contributed by atoms with E-state index in [0.717, 1.165) is 25.6 Å². The molecule has 0 atom stereocenters. The van der Waals surface area contributed by atoms with Crippen LogP contribution in [-0.2, 0) is 11.3 Å². The smallest absolute Gasteiger partial charge is 0.225 e. The Labute approximate surface area is 186 Å². The summed E-state index contributed by atoms with van der Waals surface area (Å²) in [5.41, 5.74) is 0. The van der Waals surface area contributed by atoms with Crippen molar-refractivity contribution in [2.45, 2.75) is 13.0 Å². The van der Waals surface area contributed by atoms with Crippen molar-refractivity contribution in [3.8, 4) is 0 Å². The number of nitrogens with zero attached hydrogens (tertiary/aromatic N) is 5. The van der Waals surface area contributed by atoms with Crippen LogP contribution in [0.5, 0.6) is 0 Å². The van der Waals surface area contributed by atoms with E-state index in [0.29, 0.717) is 32.0 Å². The van der Waals surface area contributed by atoms with Crippen molar-refractivity contribution in [2.75, 3.05) is 44.7 Å². The molecule has 0 saturated carbocycles. The van der Waals surface area contributed by atoms with Gasteiger partial charge in [0, 0.05) is 63.5 Å². The Bertz CT molecular complexity index is 734. The Balaban J connectivity index is 0.00000280. The predicted molar refractivity (Wildman–Crippen MR) is 123 cm³/mol. The maximum atomic E-state index is 12.4. The number of aliphatic imine (C=N–C) groups is 1. The van der Waals surface area contributed by atoms with Gasteiger partial charge in [0.25, 0.3) is 0 Å². The molecule has 3 rings (SSSR count). The minimum Gasteiger partial charge on any atom is -0.356 e. The maximum absolute atomic E-state index is 12.4. The van der Waals surface area contributed by atoms with Crippen molar-refractivity contribution in [3.05, 3.63) is 40.8 Å². The Kier molecular flexibility index (Phi) is 9.41. The van der Waals surface area contributed by atoms with Gasteiger partial charge in [0.15, 0.2) is 5.96 Å². The first-order chi connectivity index (χ1) is 13.3. The van der Waals surface area contributed by atoms with E-state index in [2.05, 4.69) is 41.9 Å². The van der Waals surface area contributed by atoms with Gasteiger partial charge in [-0.05, 0) is 17.5 Å². The summed E-state index contributed by atoms with van der Waals surface area (Å²) < 4.78 is 0. The number of anilines is 1. The number of halogens is 1. The van der Waals surface area contributed by atoms with E-state index in [1.165, 1.54) is 4.88 Å². The van der Waals surface area contributed by atoms with Crippen LogP contribution in [0.1, 0.15) is 11.3 Å². The molecule has 0 bridgehead atoms. The van der Waals surface area contributed by atoms with Gasteiger partial charge in [-0.15, -0.1) is 35.3 Å². The highest BCUT2D eigenvalue weighted by Crippen LogP contribution is 2.10. The number of guanidine groups is 1. The summed E-state index contributed by atoms with van der Waals surface area (Å²) in [7, 11) is 1.73. The quantitative estimate of drug-likeness (QED) is 0.345. The molecule has 8 nitrogen and oxygen atoms in total. The molecule has 1 aliphatic heterocycles. The zero-order valence-corrected chi connectivity index (χ0v) is 19.0. The second kappa shape index (κ2) is 11.8. The van der Waals surface area contributed by atoms with E-state index in [4.69, 9.17) is 0 Å². The zero-order valence-electron chi connectivity index (χ0n) is 15.9. The molecule has 10 heteroatoms. The normalized spacial score (nSPS) is 14.4. The molecule has 0 aliphatic carbocycles. The molecule has 152 valence electrons. The predicted octanol–water partition coefficient (Wildman–Crippen LogP) is 1.56. The summed E-state index contributed by atoms with van der Waals surface area (Å²) >= 11 is 1.70. The van der Waals surface area contributed by atoms with Crippen LogP contribution in [0.25, 0.3) is 0 Å². The molecule has 1 amide bonds. The molecular weight excluding hydrogens is 489 g/mol. The van der Waals surface area contributed by atoms with E-state index >= 15 is 0 Å². The van der Waals surface area contributed by atoms with Gasteiger partial charge in [-0.2, -0.15) is 0 Å². The second-order valence-electron chi connectivity index (χ2n) is 6.10. The first-order valence-electron chi connectivity index (χ1n) is 9.03. The van der Waals surface area contributed by atoms with Gasteiger partial charge in [-0.1, -0.05) is 6.07 Å². The summed E-state index contributed by atoms with van der Waals surface area (Å²) in [6, 6.07) is 5.91. The fourth-order valence-electron chi connectivity index (χ4n) is 2.86. The molecule has 28 heavy (non-hydrogen) atoms. The van der Waals surface area contributed by atoms with Gasteiger partial charge in [0.1, 0.15) is 0 Å². The lowest BCUT2D eigenvalue weighted by Gasteiger charge is -2.34. The van der Waals surface area contributed by atoms with Crippen LogP contribution in [0.15, 0.2) is 41.0 Å². The highest BCUT2D eigenvalue weighted by atomic mass is 127. The van der Waals surface area contributed by atoms with E-state index in [1.807, 2.05) is 11.0 Å². The standard InChI is InChI=1S/C18H25N7OS.HI/c1-19-17(23-14-15-4-2-13-27-15)20-8-5-16(26)24-9-11-25(12-10-24)18-21-6-3-7-22-18;/h2-4,6-7,13H,5,8-12,14H2,1H3,(H2,19,20,23);1H. The molecule has 1 saturated heterocycles. The van der Waals surface area contributed by atoms with Gasteiger partial charge in [0.2, 0.25) is 11.9 Å². The minimum absolute atomic E-state index is 0. The van der Waals surface area contributed by atoms with Gasteiger partial charge in [-0.25, -0.2) is 9.97 Å². The highest BCUT2D eigenvalue weighted by molar-refractivity contribution is 14.0. The summed E-state index contributed by atoms with van der Waals surface area (Å²) in [6.45, 7) is 4.20. The molecule has 0 aromatic carbocycles. The summed E-state index contributed by atoms with van der Waals surface area (Å²) in [4.78, 5) is 30.4. The van der Waals surface area contributed by atoms with Crippen molar-refractivity contribution in [3.63, 3.8) is 0 Å². The van der Waals surface area contributed by atoms with E-state index in [-0.39, 0.29) is 29.9 Å². The lowest BCUT2D eigenvalue weighted by atomic mass is 10.3. The van der Waals surface area contributed by atoms with E-state index < -0.39 is 0 Å². The van der Waals surface area contributed by atoms with E-state index in [1.54, 1.807) is 36.8 Å². The van der Waals surface area contributed by atoms with Crippen LogP contribution in [0.4, 0.5) is 5.95 Å². The lowest BCUT2D eigenvalue weighted by Crippen LogP contribution is -2.50. The second-order valence-corrected chi connectivity index (χ2v) is 7.13. The average molecular weight is 515 g/mol. The largest absolute Gasteiger partial charge is 0.356 e. The van der Waals surface area contributed by atoms with Crippen LogP contribution in [-0.4, -0.2) is 66.5 Å². The molecule has 3 heterocycles. The first-order valence-corrected chi connectivity index (χ1v) is 9.91. The number of piperazine rings is 1. The van der Waals surface area contributed by atoms with Crippen molar-refractivity contribution in [1.82, 2.24) is 25.5 Å². The molecule has 2 aromatic rings. The summed E-state index contributed by atoms with van der Waals surface area (Å²) in [5.74, 6) is 1.60. The van der Waals surface area contributed by atoms with Crippen LogP contribution in [0.2, 0.25) is 0 Å².